The number of nitrogens with two attached hydrogens (primary N) is 1. The molecule has 1 atom stereocenters. The van der Waals surface area contributed by atoms with E-state index in [1.807, 2.05) is 42.5 Å². The van der Waals surface area contributed by atoms with E-state index in [1.165, 1.54) is 10.8 Å². The first kappa shape index (κ1) is 31.8. The molecule has 0 aliphatic carbocycles. The van der Waals surface area contributed by atoms with Gasteiger partial charge in [-0.25, -0.2) is 4.99 Å². The van der Waals surface area contributed by atoms with Gasteiger partial charge >= 0.3 is 0 Å². The number of amidine groups is 2. The summed E-state index contributed by atoms with van der Waals surface area (Å²) in [7, 11) is 0. The van der Waals surface area contributed by atoms with Gasteiger partial charge in [0, 0.05) is 43.7 Å². The van der Waals surface area contributed by atoms with E-state index in [4.69, 9.17) is 18.8 Å². The molecule has 0 saturated heterocycles. The van der Waals surface area contributed by atoms with E-state index in [2.05, 4.69) is 149 Å². The van der Waals surface area contributed by atoms with Crippen LogP contribution in [0.25, 0.3) is 82.5 Å². The van der Waals surface area contributed by atoms with Crippen LogP contribution in [-0.2, 0) is 0 Å². The highest BCUT2D eigenvalue weighted by Crippen LogP contribution is 2.42. The first-order valence-corrected chi connectivity index (χ1v) is 19.3. The smallest absolute Gasteiger partial charge is 0.236 e. The number of benzene rings is 8. The zero-order valence-electron chi connectivity index (χ0n) is 30.6. The van der Waals surface area contributed by atoms with Crippen molar-refractivity contribution in [3.8, 4) is 16.8 Å². The molecule has 0 bridgehead atoms. The van der Waals surface area contributed by atoms with E-state index in [0.717, 1.165) is 94.3 Å². The van der Waals surface area contributed by atoms with Gasteiger partial charge in [-0.1, -0.05) is 121 Å². The van der Waals surface area contributed by atoms with Gasteiger partial charge < -0.3 is 13.4 Å². The molecule has 2 N–H and O–H groups in total. The second-order valence-electron chi connectivity index (χ2n) is 14.7. The van der Waals surface area contributed by atoms with Gasteiger partial charge in [0.2, 0.25) is 12.0 Å². The number of aromatic nitrogens is 1. The molecule has 57 heavy (non-hydrogen) atoms. The number of para-hydroxylation sites is 3. The van der Waals surface area contributed by atoms with Crippen molar-refractivity contribution in [1.29, 1.82) is 0 Å². The van der Waals surface area contributed by atoms with Crippen LogP contribution in [0.2, 0.25) is 0 Å². The van der Waals surface area contributed by atoms with Crippen molar-refractivity contribution in [2.75, 3.05) is 0 Å². The fraction of sp³-hybridized carbons (Fsp3) is 0.0196. The Labute approximate surface area is 326 Å². The van der Waals surface area contributed by atoms with Crippen molar-refractivity contribution in [1.82, 2.24) is 4.57 Å². The average Bonchev–Trinajstić information content (AvgIpc) is 3.96. The predicted molar refractivity (Wildman–Crippen MR) is 231 cm³/mol. The number of quaternary nitrogens is 1. The first-order valence-electron chi connectivity index (χ1n) is 19.3. The summed E-state index contributed by atoms with van der Waals surface area (Å²) in [5.74, 6) is 1.55. The number of hydrogen-bond acceptors (Lipinski definition) is 4. The highest BCUT2D eigenvalue weighted by Gasteiger charge is 2.29. The third-order valence-electron chi connectivity index (χ3n) is 11.3. The predicted octanol–water partition coefficient (Wildman–Crippen LogP) is 11.7. The van der Waals surface area contributed by atoms with Gasteiger partial charge in [-0.3, -0.25) is 5.32 Å². The van der Waals surface area contributed by atoms with Crippen molar-refractivity contribution in [2.24, 2.45) is 9.98 Å². The first-order chi connectivity index (χ1) is 28.2. The zero-order valence-corrected chi connectivity index (χ0v) is 30.6. The third kappa shape index (κ3) is 5.01. The molecular formula is C51H33N4O2+. The van der Waals surface area contributed by atoms with Crippen LogP contribution in [0.3, 0.4) is 0 Å². The van der Waals surface area contributed by atoms with Gasteiger partial charge in [-0.15, -0.1) is 0 Å². The maximum atomic E-state index is 6.46. The molecule has 11 aromatic rings. The van der Waals surface area contributed by atoms with Crippen LogP contribution in [0.1, 0.15) is 22.9 Å². The number of nitrogens with zero attached hydrogens (tertiary/aromatic N) is 3. The van der Waals surface area contributed by atoms with Crippen LogP contribution in [0, 0.1) is 0 Å². The standard InChI is InChI=1S/C51H32N4O2/c1-3-14-31(15-4-1)33-28-34(30-35(29-33)55-41-22-10-7-18-36(41)37-26-27-45-47(48(37)55)39-20-9-12-24-43(39)57-45)50-52-49(32-16-5-2-6-17-32)53-51(54-50)40-21-13-25-44-46(40)38-19-8-11-23-42(38)56-44/h1-30,50H,(H,52,53,54)/p+1. The zero-order chi connectivity index (χ0) is 37.5. The minimum Gasteiger partial charge on any atom is -0.456 e. The Morgan fingerprint density at radius 2 is 1.11 bits per heavy atom. The van der Waals surface area contributed by atoms with Crippen LogP contribution in [0.5, 0.6) is 0 Å². The second kappa shape index (κ2) is 12.5. The minimum absolute atomic E-state index is 0.341. The van der Waals surface area contributed by atoms with Gasteiger partial charge in [0.15, 0.2) is 5.84 Å². The molecular weight excluding hydrogens is 701 g/mol. The van der Waals surface area contributed by atoms with Crippen LogP contribution < -0.4 is 5.32 Å². The molecule has 0 saturated carbocycles. The van der Waals surface area contributed by atoms with E-state index in [1.54, 1.807) is 0 Å². The molecule has 0 spiro atoms. The topological polar surface area (TPSA) is 72.5 Å². The monoisotopic (exact) mass is 733 g/mol. The maximum Gasteiger partial charge on any atom is 0.236 e. The molecule has 12 rings (SSSR count). The highest BCUT2D eigenvalue weighted by molar-refractivity contribution is 6.24. The molecule has 1 unspecified atom stereocenters. The number of rotatable bonds is 5. The second-order valence-corrected chi connectivity index (χ2v) is 14.7. The minimum atomic E-state index is -0.341. The lowest BCUT2D eigenvalue weighted by atomic mass is 9.99. The Morgan fingerprint density at radius 1 is 0.474 bits per heavy atom. The van der Waals surface area contributed by atoms with E-state index >= 15 is 0 Å². The molecule has 0 radical (unpaired) electrons. The van der Waals surface area contributed by atoms with Gasteiger partial charge in [0.05, 0.1) is 22.0 Å². The van der Waals surface area contributed by atoms with Crippen LogP contribution >= 0.6 is 0 Å². The Hall–Kier alpha value is -7.54. The van der Waals surface area contributed by atoms with Crippen LogP contribution in [-0.4, -0.2) is 16.2 Å². The Balaban J connectivity index is 1.12. The number of fused-ring (bicyclic) bond motifs is 10. The molecule has 268 valence electrons. The van der Waals surface area contributed by atoms with Crippen molar-refractivity contribution in [3.05, 3.63) is 199 Å². The van der Waals surface area contributed by atoms with Crippen molar-refractivity contribution >= 4 is 77.4 Å². The average molecular weight is 734 g/mol. The third-order valence-corrected chi connectivity index (χ3v) is 11.3. The molecule has 6 heteroatoms. The van der Waals surface area contributed by atoms with Crippen molar-refractivity contribution in [2.45, 2.75) is 6.17 Å². The lowest BCUT2D eigenvalue weighted by Crippen LogP contribution is -2.90. The Morgan fingerprint density at radius 3 is 1.88 bits per heavy atom. The summed E-state index contributed by atoms with van der Waals surface area (Å²) in [6, 6.07) is 63.6. The molecule has 1 aliphatic heterocycles. The van der Waals surface area contributed by atoms with E-state index in [0.29, 0.717) is 5.84 Å². The summed E-state index contributed by atoms with van der Waals surface area (Å²) >= 11 is 0. The molecule has 0 amide bonds. The summed E-state index contributed by atoms with van der Waals surface area (Å²) in [5, 5.41) is 8.91. The fourth-order valence-electron chi connectivity index (χ4n) is 8.80. The van der Waals surface area contributed by atoms with Gasteiger partial charge in [0.1, 0.15) is 22.3 Å². The van der Waals surface area contributed by atoms with Gasteiger partial charge in [0.25, 0.3) is 0 Å². The Kier molecular flexibility index (Phi) is 6.97. The quantitative estimate of drug-likeness (QED) is 0.191. The summed E-state index contributed by atoms with van der Waals surface area (Å²) in [4.78, 5) is 10.7. The van der Waals surface area contributed by atoms with Gasteiger partial charge in [-0.2, -0.15) is 4.99 Å². The van der Waals surface area contributed by atoms with E-state index in [-0.39, 0.29) is 6.17 Å². The lowest BCUT2D eigenvalue weighted by Gasteiger charge is -2.21. The maximum absolute atomic E-state index is 6.46. The van der Waals surface area contributed by atoms with Crippen molar-refractivity contribution < 1.29 is 14.2 Å². The Bertz CT molecular complexity index is 3440. The van der Waals surface area contributed by atoms with E-state index < -0.39 is 0 Å². The van der Waals surface area contributed by atoms with Gasteiger partial charge in [-0.05, 0) is 71.8 Å². The highest BCUT2D eigenvalue weighted by atomic mass is 16.3. The fourth-order valence-corrected chi connectivity index (χ4v) is 8.80. The number of aliphatic imine (C=N–C) groups is 2. The molecule has 0 fully saturated rings. The summed E-state index contributed by atoms with van der Waals surface area (Å²) in [6.45, 7) is 0. The van der Waals surface area contributed by atoms with E-state index in [9.17, 15) is 0 Å². The SMILES string of the molecule is c1ccc(C2=NC(c3cc(-c4ccccc4)cc(-n4c5ccccc5c5ccc6oc7ccccc7c6c54)c3)[NH2+]C(c3cccc4oc5ccccc5c34)=N2)cc1. The molecule has 3 aromatic heterocycles. The number of furan rings is 2. The van der Waals surface area contributed by atoms with Crippen molar-refractivity contribution in [3.63, 3.8) is 0 Å². The van der Waals surface area contributed by atoms with Crippen LogP contribution in [0.4, 0.5) is 0 Å². The normalized spacial score (nSPS) is 14.6. The largest absolute Gasteiger partial charge is 0.456 e. The summed E-state index contributed by atoms with van der Waals surface area (Å²) < 4.78 is 15.2. The molecule has 4 heterocycles. The molecule has 8 aromatic carbocycles. The lowest BCUT2D eigenvalue weighted by molar-refractivity contribution is -0.586. The summed E-state index contributed by atoms with van der Waals surface area (Å²) in [6.07, 6.45) is -0.341. The van der Waals surface area contributed by atoms with Crippen LogP contribution in [0.15, 0.2) is 201 Å². The number of hydrogen-bond donors (Lipinski definition) is 1. The molecule has 6 nitrogen and oxygen atoms in total. The summed E-state index contributed by atoms with van der Waals surface area (Å²) in [5.41, 5.74) is 12.0. The molecule has 1 aliphatic rings.